The lowest BCUT2D eigenvalue weighted by Crippen LogP contribution is -2.23. The maximum Gasteiger partial charge on any atom is 0.00703 e. The first-order valence-electron chi connectivity index (χ1n) is 6.40. The average molecular weight is 217 g/mol. The van der Waals surface area contributed by atoms with Crippen LogP contribution in [0.4, 0.5) is 0 Å². The Morgan fingerprint density at radius 2 is 1.75 bits per heavy atom. The van der Waals surface area contributed by atoms with E-state index in [9.17, 15) is 0 Å². The molecule has 0 aliphatic heterocycles. The van der Waals surface area contributed by atoms with Crippen LogP contribution in [0.15, 0.2) is 12.1 Å². The first-order valence-corrected chi connectivity index (χ1v) is 6.40. The van der Waals surface area contributed by atoms with E-state index < -0.39 is 0 Å². The standard InChI is InChI=1S/C15H23N/c1-10-8-11(2)14(12(3)9-10)6-7-15(16)13-4-5-13/h8-9,13,15H,4-7,16H2,1-3H3. The zero-order chi connectivity index (χ0) is 11.7. The number of nitrogens with two attached hydrogens (primary N) is 1. The molecule has 0 spiro atoms. The van der Waals surface area contributed by atoms with Crippen molar-refractivity contribution in [1.82, 2.24) is 0 Å². The van der Waals surface area contributed by atoms with Crippen molar-refractivity contribution in [3.05, 3.63) is 34.4 Å². The second-order valence-electron chi connectivity index (χ2n) is 5.42. The molecular formula is C15H23N. The minimum atomic E-state index is 0.431. The highest BCUT2D eigenvalue weighted by Crippen LogP contribution is 2.33. The molecule has 0 bridgehead atoms. The highest BCUT2D eigenvalue weighted by Gasteiger charge is 2.28. The second kappa shape index (κ2) is 4.58. The van der Waals surface area contributed by atoms with Crippen LogP contribution in [0.1, 0.15) is 41.5 Å². The Morgan fingerprint density at radius 3 is 2.25 bits per heavy atom. The van der Waals surface area contributed by atoms with Crippen molar-refractivity contribution < 1.29 is 0 Å². The molecule has 1 aromatic rings. The van der Waals surface area contributed by atoms with Crippen LogP contribution in [0, 0.1) is 26.7 Å². The SMILES string of the molecule is Cc1cc(C)c(CCC(N)C2CC2)c(C)c1. The lowest BCUT2D eigenvalue weighted by atomic mass is 9.94. The Labute approximate surface area is 99.0 Å². The molecule has 1 saturated carbocycles. The van der Waals surface area contributed by atoms with E-state index in [2.05, 4.69) is 32.9 Å². The number of aryl methyl sites for hydroxylation is 3. The van der Waals surface area contributed by atoms with Crippen molar-refractivity contribution in [3.8, 4) is 0 Å². The molecule has 1 nitrogen and oxygen atoms in total. The summed E-state index contributed by atoms with van der Waals surface area (Å²) >= 11 is 0. The fourth-order valence-electron chi connectivity index (χ4n) is 2.68. The summed E-state index contributed by atoms with van der Waals surface area (Å²) < 4.78 is 0. The molecule has 1 aliphatic carbocycles. The molecule has 0 heterocycles. The van der Waals surface area contributed by atoms with Crippen molar-refractivity contribution in [3.63, 3.8) is 0 Å². The third kappa shape index (κ3) is 2.65. The molecule has 1 heteroatoms. The van der Waals surface area contributed by atoms with E-state index in [-0.39, 0.29) is 0 Å². The van der Waals surface area contributed by atoms with Gasteiger partial charge < -0.3 is 5.73 Å². The van der Waals surface area contributed by atoms with E-state index >= 15 is 0 Å². The monoisotopic (exact) mass is 217 g/mol. The van der Waals surface area contributed by atoms with Crippen LogP contribution in [0.2, 0.25) is 0 Å². The van der Waals surface area contributed by atoms with E-state index in [4.69, 9.17) is 5.73 Å². The first-order chi connectivity index (χ1) is 7.58. The number of rotatable bonds is 4. The highest BCUT2D eigenvalue weighted by molar-refractivity contribution is 5.37. The Morgan fingerprint density at radius 1 is 1.19 bits per heavy atom. The van der Waals surface area contributed by atoms with Crippen LogP contribution >= 0.6 is 0 Å². The van der Waals surface area contributed by atoms with Gasteiger partial charge in [-0.2, -0.15) is 0 Å². The van der Waals surface area contributed by atoms with Gasteiger partial charge >= 0.3 is 0 Å². The summed E-state index contributed by atoms with van der Waals surface area (Å²) in [6, 6.07) is 5.00. The molecule has 0 radical (unpaired) electrons. The maximum absolute atomic E-state index is 6.16. The van der Waals surface area contributed by atoms with E-state index in [1.165, 1.54) is 35.1 Å². The van der Waals surface area contributed by atoms with Crippen LogP contribution in [0.25, 0.3) is 0 Å². The topological polar surface area (TPSA) is 26.0 Å². The molecule has 0 amide bonds. The van der Waals surface area contributed by atoms with E-state index in [0.717, 1.165) is 18.8 Å². The van der Waals surface area contributed by atoms with Crippen molar-refractivity contribution in [1.29, 1.82) is 0 Å². The Kier molecular flexibility index (Phi) is 3.34. The minimum absolute atomic E-state index is 0.431. The predicted molar refractivity (Wildman–Crippen MR) is 69.7 cm³/mol. The molecule has 2 N–H and O–H groups in total. The number of hydrogen-bond donors (Lipinski definition) is 1. The normalized spacial score (nSPS) is 17.5. The van der Waals surface area contributed by atoms with Gasteiger partial charge in [0, 0.05) is 6.04 Å². The van der Waals surface area contributed by atoms with Gasteiger partial charge in [-0.1, -0.05) is 17.7 Å². The highest BCUT2D eigenvalue weighted by atomic mass is 14.7. The maximum atomic E-state index is 6.16. The summed E-state index contributed by atoms with van der Waals surface area (Å²) in [7, 11) is 0. The molecule has 16 heavy (non-hydrogen) atoms. The van der Waals surface area contributed by atoms with Crippen LogP contribution in [-0.2, 0) is 6.42 Å². The molecule has 1 unspecified atom stereocenters. The van der Waals surface area contributed by atoms with Crippen LogP contribution < -0.4 is 5.73 Å². The quantitative estimate of drug-likeness (QED) is 0.823. The zero-order valence-electron chi connectivity index (χ0n) is 10.7. The van der Waals surface area contributed by atoms with Gasteiger partial charge in [0.15, 0.2) is 0 Å². The minimum Gasteiger partial charge on any atom is -0.327 e. The molecule has 0 saturated heterocycles. The lowest BCUT2D eigenvalue weighted by molar-refractivity contribution is 0.549. The molecule has 2 rings (SSSR count). The van der Waals surface area contributed by atoms with Gasteiger partial charge in [0.05, 0.1) is 0 Å². The predicted octanol–water partition coefficient (Wildman–Crippen LogP) is 3.28. The Hall–Kier alpha value is -0.820. The Balaban J connectivity index is 2.02. The van der Waals surface area contributed by atoms with Crippen LogP contribution in [0.5, 0.6) is 0 Å². The summed E-state index contributed by atoms with van der Waals surface area (Å²) in [5.74, 6) is 0.825. The second-order valence-corrected chi connectivity index (χ2v) is 5.42. The molecule has 1 atom stereocenters. The van der Waals surface area contributed by atoms with Gasteiger partial charge in [-0.25, -0.2) is 0 Å². The van der Waals surface area contributed by atoms with Gasteiger partial charge in [-0.3, -0.25) is 0 Å². The van der Waals surface area contributed by atoms with Crippen molar-refractivity contribution >= 4 is 0 Å². The van der Waals surface area contributed by atoms with Gasteiger partial charge in [-0.05, 0) is 69.1 Å². The smallest absolute Gasteiger partial charge is 0.00703 e. The summed E-state index contributed by atoms with van der Waals surface area (Å²) in [4.78, 5) is 0. The van der Waals surface area contributed by atoms with Crippen molar-refractivity contribution in [2.45, 2.75) is 52.5 Å². The lowest BCUT2D eigenvalue weighted by Gasteiger charge is -2.14. The number of benzene rings is 1. The Bertz CT molecular complexity index is 354. The van der Waals surface area contributed by atoms with Gasteiger partial charge in [0.2, 0.25) is 0 Å². The molecule has 88 valence electrons. The van der Waals surface area contributed by atoms with E-state index in [0.29, 0.717) is 6.04 Å². The van der Waals surface area contributed by atoms with E-state index in [1.54, 1.807) is 0 Å². The molecule has 1 fully saturated rings. The summed E-state index contributed by atoms with van der Waals surface area (Å²) in [5, 5.41) is 0. The molecule has 1 aliphatic rings. The van der Waals surface area contributed by atoms with Gasteiger partial charge in [-0.15, -0.1) is 0 Å². The zero-order valence-corrected chi connectivity index (χ0v) is 10.7. The summed E-state index contributed by atoms with van der Waals surface area (Å²) in [5.41, 5.74) is 11.9. The van der Waals surface area contributed by atoms with Gasteiger partial charge in [0.25, 0.3) is 0 Å². The van der Waals surface area contributed by atoms with Gasteiger partial charge in [0.1, 0.15) is 0 Å². The first kappa shape index (κ1) is 11.7. The van der Waals surface area contributed by atoms with Crippen molar-refractivity contribution in [2.24, 2.45) is 11.7 Å². The number of hydrogen-bond acceptors (Lipinski definition) is 1. The fourth-order valence-corrected chi connectivity index (χ4v) is 2.68. The summed E-state index contributed by atoms with van der Waals surface area (Å²) in [6.45, 7) is 6.61. The van der Waals surface area contributed by atoms with Crippen molar-refractivity contribution in [2.75, 3.05) is 0 Å². The van der Waals surface area contributed by atoms with E-state index in [1.807, 2.05) is 0 Å². The molecule has 1 aromatic carbocycles. The third-order valence-electron chi connectivity index (χ3n) is 3.80. The largest absolute Gasteiger partial charge is 0.327 e. The fraction of sp³-hybridized carbons (Fsp3) is 0.600. The molecular weight excluding hydrogens is 194 g/mol. The average Bonchev–Trinajstić information content (AvgIpc) is 2.98. The molecule has 0 aromatic heterocycles. The summed E-state index contributed by atoms with van der Waals surface area (Å²) in [6.07, 6.45) is 5.01. The van der Waals surface area contributed by atoms with Crippen LogP contribution in [0.3, 0.4) is 0 Å². The third-order valence-corrected chi connectivity index (χ3v) is 3.80. The van der Waals surface area contributed by atoms with Crippen LogP contribution in [-0.4, -0.2) is 6.04 Å².